The van der Waals surface area contributed by atoms with E-state index in [2.05, 4.69) is 5.32 Å². The highest BCUT2D eigenvalue weighted by Crippen LogP contribution is 2.23. The van der Waals surface area contributed by atoms with Gasteiger partial charge in [0.15, 0.2) is 0 Å². The predicted octanol–water partition coefficient (Wildman–Crippen LogP) is 2.66. The highest BCUT2D eigenvalue weighted by molar-refractivity contribution is 7.89. The molecule has 1 N–H and O–H groups in total. The second kappa shape index (κ2) is 7.29. The smallest absolute Gasteiger partial charge is 0.251 e. The average molecular weight is 371 g/mol. The van der Waals surface area contributed by atoms with Gasteiger partial charge in [-0.2, -0.15) is 4.31 Å². The van der Waals surface area contributed by atoms with Gasteiger partial charge < -0.3 is 5.32 Å². The number of nitrogens with one attached hydrogen (secondary N) is 1. The highest BCUT2D eigenvalue weighted by Gasteiger charge is 2.24. The number of carbonyl (C=O) groups excluding carboxylic acids is 1. The molecule has 5 nitrogen and oxygen atoms in total. The zero-order valence-electron chi connectivity index (χ0n) is 13.1. The Balaban J connectivity index is 2.22. The molecule has 0 saturated carbocycles. The molecule has 0 heterocycles. The summed E-state index contributed by atoms with van der Waals surface area (Å²) in [6, 6.07) is 9.90. The van der Waals surface area contributed by atoms with Crippen molar-refractivity contribution in [1.29, 1.82) is 0 Å². The molecule has 2 aromatic carbocycles. The third-order valence-electron chi connectivity index (χ3n) is 3.43. The van der Waals surface area contributed by atoms with Crippen molar-refractivity contribution >= 4 is 27.5 Å². The SMILES string of the molecule is CNC(=O)c1ccc(CN(C)S(=O)(=O)c2ccc(Cl)cc2F)cc1. The van der Waals surface area contributed by atoms with Gasteiger partial charge in [-0.15, -0.1) is 0 Å². The molecule has 0 aliphatic carbocycles. The summed E-state index contributed by atoms with van der Waals surface area (Å²) in [5, 5.41) is 2.62. The largest absolute Gasteiger partial charge is 0.355 e. The first-order valence-corrected chi connectivity index (χ1v) is 8.80. The lowest BCUT2D eigenvalue weighted by molar-refractivity contribution is 0.0963. The number of halogens is 2. The van der Waals surface area contributed by atoms with Gasteiger partial charge >= 0.3 is 0 Å². The number of benzene rings is 2. The number of sulfonamides is 1. The molecular weight excluding hydrogens is 355 g/mol. The molecule has 2 aromatic rings. The van der Waals surface area contributed by atoms with Crippen LogP contribution in [0.1, 0.15) is 15.9 Å². The Labute approximate surface area is 145 Å². The average Bonchev–Trinajstić information content (AvgIpc) is 2.54. The Hall–Kier alpha value is -1.96. The summed E-state index contributed by atoms with van der Waals surface area (Å²) in [5.74, 6) is -1.13. The van der Waals surface area contributed by atoms with Gasteiger partial charge in [-0.1, -0.05) is 23.7 Å². The van der Waals surface area contributed by atoms with Gasteiger partial charge in [0, 0.05) is 31.2 Å². The Morgan fingerprint density at radius 2 is 1.83 bits per heavy atom. The lowest BCUT2D eigenvalue weighted by Gasteiger charge is -2.18. The zero-order chi connectivity index (χ0) is 17.9. The Bertz CT molecular complexity index is 854. The number of nitrogens with zero attached hydrogens (tertiary/aromatic N) is 1. The van der Waals surface area contributed by atoms with Gasteiger partial charge in [0.2, 0.25) is 10.0 Å². The summed E-state index contributed by atoms with van der Waals surface area (Å²) in [7, 11) is -1.11. The molecule has 0 spiro atoms. The number of hydrogen-bond acceptors (Lipinski definition) is 3. The maximum absolute atomic E-state index is 13.9. The summed E-state index contributed by atoms with van der Waals surface area (Å²) in [4.78, 5) is 11.1. The van der Waals surface area contributed by atoms with Crippen molar-refractivity contribution in [3.8, 4) is 0 Å². The number of hydrogen-bond donors (Lipinski definition) is 1. The normalized spacial score (nSPS) is 11.5. The van der Waals surface area contributed by atoms with Crippen LogP contribution < -0.4 is 5.32 Å². The number of rotatable bonds is 5. The van der Waals surface area contributed by atoms with Crippen molar-refractivity contribution < 1.29 is 17.6 Å². The fraction of sp³-hybridized carbons (Fsp3) is 0.188. The van der Waals surface area contributed by atoms with Crippen LogP contribution in [0.25, 0.3) is 0 Å². The monoisotopic (exact) mass is 370 g/mol. The molecule has 0 radical (unpaired) electrons. The fourth-order valence-corrected chi connectivity index (χ4v) is 3.46. The predicted molar refractivity (Wildman–Crippen MR) is 89.9 cm³/mol. The minimum Gasteiger partial charge on any atom is -0.355 e. The van der Waals surface area contributed by atoms with Crippen molar-refractivity contribution in [2.45, 2.75) is 11.4 Å². The van der Waals surface area contributed by atoms with E-state index in [4.69, 9.17) is 11.6 Å². The molecule has 0 saturated heterocycles. The minimum absolute atomic E-state index is 0.0401. The molecule has 0 bridgehead atoms. The van der Waals surface area contributed by atoms with Crippen LogP contribution in [0.2, 0.25) is 5.02 Å². The van der Waals surface area contributed by atoms with Crippen LogP contribution in [0.15, 0.2) is 47.4 Å². The second-order valence-electron chi connectivity index (χ2n) is 5.11. The van der Waals surface area contributed by atoms with Gasteiger partial charge in [-0.25, -0.2) is 12.8 Å². The molecule has 1 amide bonds. The molecule has 128 valence electrons. The van der Waals surface area contributed by atoms with E-state index >= 15 is 0 Å². The maximum Gasteiger partial charge on any atom is 0.251 e. The van der Waals surface area contributed by atoms with Crippen molar-refractivity contribution in [1.82, 2.24) is 9.62 Å². The quantitative estimate of drug-likeness (QED) is 0.879. The van der Waals surface area contributed by atoms with Crippen LogP contribution in [0.3, 0.4) is 0 Å². The van der Waals surface area contributed by atoms with E-state index in [0.717, 1.165) is 16.4 Å². The maximum atomic E-state index is 13.9. The first kappa shape index (κ1) is 18.4. The van der Waals surface area contributed by atoms with Crippen LogP contribution in [-0.4, -0.2) is 32.7 Å². The Kier molecular flexibility index (Phi) is 5.58. The van der Waals surface area contributed by atoms with E-state index < -0.39 is 20.7 Å². The van der Waals surface area contributed by atoms with Gasteiger partial charge in [0.25, 0.3) is 5.91 Å². The van der Waals surface area contributed by atoms with E-state index in [-0.39, 0.29) is 17.5 Å². The molecular formula is C16H16ClFN2O3S. The molecule has 2 rings (SSSR count). The molecule has 8 heteroatoms. The van der Waals surface area contributed by atoms with Crippen LogP contribution in [-0.2, 0) is 16.6 Å². The van der Waals surface area contributed by atoms with Crippen LogP contribution in [0, 0.1) is 5.82 Å². The van der Waals surface area contributed by atoms with Crippen LogP contribution in [0.4, 0.5) is 4.39 Å². The third-order valence-corrected chi connectivity index (χ3v) is 5.50. The summed E-state index contributed by atoms with van der Waals surface area (Å²) in [6.07, 6.45) is 0. The summed E-state index contributed by atoms with van der Waals surface area (Å²) in [6.45, 7) is 0.0401. The number of amides is 1. The first-order chi connectivity index (χ1) is 11.3. The molecule has 24 heavy (non-hydrogen) atoms. The first-order valence-electron chi connectivity index (χ1n) is 6.98. The zero-order valence-corrected chi connectivity index (χ0v) is 14.7. The second-order valence-corrected chi connectivity index (χ2v) is 7.56. The van der Waals surface area contributed by atoms with E-state index in [9.17, 15) is 17.6 Å². The Morgan fingerprint density at radius 1 is 1.21 bits per heavy atom. The van der Waals surface area contributed by atoms with Gasteiger partial charge in [-0.05, 0) is 35.9 Å². The lowest BCUT2D eigenvalue weighted by atomic mass is 10.1. The van der Waals surface area contributed by atoms with Crippen LogP contribution in [0.5, 0.6) is 0 Å². The van der Waals surface area contributed by atoms with Crippen molar-refractivity contribution in [3.63, 3.8) is 0 Å². The van der Waals surface area contributed by atoms with E-state index in [1.165, 1.54) is 20.2 Å². The van der Waals surface area contributed by atoms with E-state index in [1.54, 1.807) is 24.3 Å². The summed E-state index contributed by atoms with van der Waals surface area (Å²) < 4.78 is 39.9. The van der Waals surface area contributed by atoms with Crippen molar-refractivity contribution in [3.05, 3.63) is 64.4 Å². The molecule has 0 atom stereocenters. The molecule has 0 aliphatic rings. The summed E-state index contributed by atoms with van der Waals surface area (Å²) >= 11 is 5.65. The molecule has 0 unspecified atom stereocenters. The topological polar surface area (TPSA) is 66.5 Å². The Morgan fingerprint density at radius 3 is 2.38 bits per heavy atom. The van der Waals surface area contributed by atoms with E-state index in [0.29, 0.717) is 11.1 Å². The van der Waals surface area contributed by atoms with Gasteiger partial charge in [0.1, 0.15) is 10.7 Å². The standard InChI is InChI=1S/C16H16ClFN2O3S/c1-19-16(21)12-5-3-11(4-6-12)10-20(2)24(22,23)15-8-7-13(17)9-14(15)18/h3-9H,10H2,1-2H3,(H,19,21). The molecule has 0 aliphatic heterocycles. The van der Waals surface area contributed by atoms with Gasteiger partial charge in [0.05, 0.1) is 0 Å². The van der Waals surface area contributed by atoms with E-state index in [1.807, 2.05) is 0 Å². The highest BCUT2D eigenvalue weighted by atomic mass is 35.5. The van der Waals surface area contributed by atoms with Crippen molar-refractivity contribution in [2.24, 2.45) is 0 Å². The fourth-order valence-electron chi connectivity index (χ4n) is 2.10. The van der Waals surface area contributed by atoms with Gasteiger partial charge in [-0.3, -0.25) is 4.79 Å². The number of carbonyl (C=O) groups is 1. The van der Waals surface area contributed by atoms with Crippen molar-refractivity contribution in [2.75, 3.05) is 14.1 Å². The minimum atomic E-state index is -4.00. The lowest BCUT2D eigenvalue weighted by Crippen LogP contribution is -2.27. The summed E-state index contributed by atoms with van der Waals surface area (Å²) in [5.41, 5.74) is 1.14. The van der Waals surface area contributed by atoms with Crippen LogP contribution >= 0.6 is 11.6 Å². The molecule has 0 fully saturated rings. The third kappa shape index (κ3) is 3.92. The molecule has 0 aromatic heterocycles.